The standard InChI is InChI=1S/C37H48F4N4O2/c1-6-45-34(21-31(42-45)18-25-10-12-29(13-11-25)37(39,40)41)26-14-16-44(17-15-26)23-28-20-32(47-35(46)24-43(5)36(2,3)4)22-33(28)27-8-7-9-30(38)19-27/h7-13,19,21,26,28,32-33H,6,14-18,20,22-24H2,1-5H3/t28-,32+,33-/m1/s1. The highest BCUT2D eigenvalue weighted by Gasteiger charge is 2.39. The van der Waals surface area contributed by atoms with Crippen molar-refractivity contribution in [3.8, 4) is 0 Å². The number of halogens is 4. The number of esters is 1. The molecule has 10 heteroatoms. The summed E-state index contributed by atoms with van der Waals surface area (Å²) < 4.78 is 61.3. The fourth-order valence-corrected chi connectivity index (χ4v) is 7.09. The van der Waals surface area contributed by atoms with Crippen LogP contribution in [0.1, 0.15) is 93.3 Å². The molecule has 2 aromatic carbocycles. The van der Waals surface area contributed by atoms with Gasteiger partial charge in [-0.05, 0) is 127 Å². The van der Waals surface area contributed by atoms with Gasteiger partial charge in [-0.1, -0.05) is 24.3 Å². The molecule has 1 saturated carbocycles. The Hall–Kier alpha value is -3.24. The first-order valence-electron chi connectivity index (χ1n) is 16.8. The fourth-order valence-electron chi connectivity index (χ4n) is 7.09. The van der Waals surface area contributed by atoms with Crippen molar-refractivity contribution < 1.29 is 27.1 Å². The highest BCUT2D eigenvalue weighted by molar-refractivity contribution is 5.72. The molecule has 3 atom stereocenters. The summed E-state index contributed by atoms with van der Waals surface area (Å²) in [5.41, 5.74) is 3.02. The van der Waals surface area contributed by atoms with E-state index in [-0.39, 0.29) is 41.8 Å². The number of alkyl halides is 3. The van der Waals surface area contributed by atoms with Gasteiger partial charge >= 0.3 is 12.1 Å². The van der Waals surface area contributed by atoms with Crippen LogP contribution in [0.2, 0.25) is 0 Å². The van der Waals surface area contributed by atoms with Crippen molar-refractivity contribution in [3.63, 3.8) is 0 Å². The SMILES string of the molecule is CCn1nc(Cc2ccc(C(F)(F)F)cc2)cc1C1CCN(C[C@H]2C[C@H](OC(=O)CN(C)C(C)(C)C)C[C@@H]2c2cccc(F)c2)CC1. The number of hydrogen-bond donors (Lipinski definition) is 0. The molecule has 0 amide bonds. The second-order valence-electron chi connectivity index (χ2n) is 14.4. The Morgan fingerprint density at radius 1 is 1.02 bits per heavy atom. The van der Waals surface area contributed by atoms with Gasteiger partial charge in [0.05, 0.1) is 17.8 Å². The van der Waals surface area contributed by atoms with Crippen molar-refractivity contribution in [1.82, 2.24) is 19.6 Å². The average Bonchev–Trinajstić information content (AvgIpc) is 3.60. The maximum atomic E-state index is 14.3. The van der Waals surface area contributed by atoms with E-state index in [1.54, 1.807) is 12.1 Å². The van der Waals surface area contributed by atoms with Crippen LogP contribution in [0.5, 0.6) is 0 Å². The second kappa shape index (κ2) is 14.5. The van der Waals surface area contributed by atoms with Crippen LogP contribution in [-0.2, 0) is 28.7 Å². The zero-order valence-electron chi connectivity index (χ0n) is 28.2. The third-order valence-electron chi connectivity index (χ3n) is 10.1. The molecule has 256 valence electrons. The third-order valence-corrected chi connectivity index (χ3v) is 10.1. The van der Waals surface area contributed by atoms with Gasteiger partial charge in [-0.3, -0.25) is 14.4 Å². The minimum atomic E-state index is -4.35. The molecule has 2 aliphatic rings. The molecule has 47 heavy (non-hydrogen) atoms. The molecule has 0 N–H and O–H groups in total. The lowest BCUT2D eigenvalue weighted by Crippen LogP contribution is -2.42. The van der Waals surface area contributed by atoms with Crippen LogP contribution in [0.3, 0.4) is 0 Å². The molecule has 0 unspecified atom stereocenters. The monoisotopic (exact) mass is 656 g/mol. The Balaban J connectivity index is 1.21. The largest absolute Gasteiger partial charge is 0.461 e. The van der Waals surface area contributed by atoms with Gasteiger partial charge in [0.2, 0.25) is 0 Å². The van der Waals surface area contributed by atoms with Gasteiger partial charge < -0.3 is 9.64 Å². The maximum absolute atomic E-state index is 14.3. The first-order valence-corrected chi connectivity index (χ1v) is 16.8. The number of hydrogen-bond acceptors (Lipinski definition) is 5. The Bertz CT molecular complexity index is 1490. The topological polar surface area (TPSA) is 50.6 Å². The third kappa shape index (κ3) is 9.02. The summed E-state index contributed by atoms with van der Waals surface area (Å²) in [7, 11) is 1.92. The summed E-state index contributed by atoms with van der Waals surface area (Å²) in [6.07, 6.45) is -0.678. The predicted molar refractivity (Wildman–Crippen MR) is 175 cm³/mol. The molecular weight excluding hydrogens is 608 g/mol. The van der Waals surface area contributed by atoms with Crippen molar-refractivity contribution in [2.24, 2.45) is 5.92 Å². The molecule has 5 rings (SSSR count). The normalized spacial score (nSPS) is 21.4. The first-order chi connectivity index (χ1) is 22.2. The zero-order chi connectivity index (χ0) is 33.9. The van der Waals surface area contributed by atoms with Gasteiger partial charge in [0, 0.05) is 36.7 Å². The van der Waals surface area contributed by atoms with Crippen molar-refractivity contribution in [2.45, 2.75) is 96.0 Å². The van der Waals surface area contributed by atoms with Crippen LogP contribution in [0.15, 0.2) is 54.6 Å². The minimum absolute atomic E-state index is 0.107. The lowest BCUT2D eigenvalue weighted by atomic mass is 9.87. The number of rotatable bonds is 10. The Labute approximate surface area is 276 Å². The summed E-state index contributed by atoms with van der Waals surface area (Å²) in [5.74, 6) is 0.214. The number of aromatic nitrogens is 2. The highest BCUT2D eigenvalue weighted by atomic mass is 19.4. The Kier molecular flexibility index (Phi) is 10.8. The van der Waals surface area contributed by atoms with E-state index in [1.165, 1.54) is 23.9 Å². The number of carbonyl (C=O) groups excluding carboxylic acids is 1. The van der Waals surface area contributed by atoms with Crippen molar-refractivity contribution >= 4 is 5.97 Å². The van der Waals surface area contributed by atoms with Crippen molar-refractivity contribution in [1.29, 1.82) is 0 Å². The Morgan fingerprint density at radius 2 is 1.72 bits per heavy atom. The maximum Gasteiger partial charge on any atom is 0.416 e. The minimum Gasteiger partial charge on any atom is -0.461 e. The number of ether oxygens (including phenoxy) is 1. The molecule has 0 radical (unpaired) electrons. The Morgan fingerprint density at radius 3 is 2.34 bits per heavy atom. The summed E-state index contributed by atoms with van der Waals surface area (Å²) in [6, 6.07) is 14.3. The van der Waals surface area contributed by atoms with Gasteiger partial charge in [0.15, 0.2) is 0 Å². The molecular formula is C37H48F4N4O2. The molecule has 3 aromatic rings. The summed E-state index contributed by atoms with van der Waals surface area (Å²) >= 11 is 0. The van der Waals surface area contributed by atoms with Crippen molar-refractivity contribution in [3.05, 3.63) is 88.5 Å². The summed E-state index contributed by atoms with van der Waals surface area (Å²) in [5, 5.41) is 4.79. The molecule has 6 nitrogen and oxygen atoms in total. The van der Waals surface area contributed by atoms with E-state index in [0.29, 0.717) is 18.8 Å². The van der Waals surface area contributed by atoms with Crippen LogP contribution in [0.4, 0.5) is 17.6 Å². The average molecular weight is 657 g/mol. The summed E-state index contributed by atoms with van der Waals surface area (Å²) in [4.78, 5) is 17.3. The number of likely N-dealkylation sites (tertiary alicyclic amines) is 1. The van der Waals surface area contributed by atoms with E-state index in [2.05, 4.69) is 38.7 Å². The van der Waals surface area contributed by atoms with E-state index in [1.807, 2.05) is 22.7 Å². The quantitative estimate of drug-likeness (QED) is 0.166. The number of likely N-dealkylation sites (N-methyl/N-ethyl adjacent to an activating group) is 1. The smallest absolute Gasteiger partial charge is 0.416 e. The summed E-state index contributed by atoms with van der Waals surface area (Å²) in [6.45, 7) is 11.9. The van der Waals surface area contributed by atoms with E-state index in [4.69, 9.17) is 9.84 Å². The molecule has 1 aliphatic carbocycles. The fraction of sp³-hybridized carbons (Fsp3) is 0.568. The van der Waals surface area contributed by atoms with Crippen LogP contribution in [0, 0.1) is 11.7 Å². The van der Waals surface area contributed by atoms with E-state index < -0.39 is 11.7 Å². The predicted octanol–water partition coefficient (Wildman–Crippen LogP) is 7.67. The van der Waals surface area contributed by atoms with Gasteiger partial charge in [0.25, 0.3) is 0 Å². The van der Waals surface area contributed by atoms with Gasteiger partial charge in [-0.2, -0.15) is 18.3 Å². The molecule has 0 spiro atoms. The van der Waals surface area contributed by atoms with Crippen molar-refractivity contribution in [2.75, 3.05) is 33.2 Å². The molecule has 0 bridgehead atoms. The van der Waals surface area contributed by atoms with Gasteiger partial charge in [-0.25, -0.2) is 4.39 Å². The van der Waals surface area contributed by atoms with E-state index >= 15 is 0 Å². The van der Waals surface area contributed by atoms with Crippen LogP contribution in [-0.4, -0.2) is 70.4 Å². The number of carbonyl (C=O) groups is 1. The molecule has 1 aliphatic heterocycles. The molecule has 1 saturated heterocycles. The van der Waals surface area contributed by atoms with Gasteiger partial charge in [0.1, 0.15) is 11.9 Å². The van der Waals surface area contributed by atoms with Crippen LogP contribution >= 0.6 is 0 Å². The molecule has 2 fully saturated rings. The van der Waals surface area contributed by atoms with E-state index in [0.717, 1.165) is 74.4 Å². The number of nitrogens with zero attached hydrogens (tertiary/aromatic N) is 4. The number of piperidine rings is 1. The first kappa shape index (κ1) is 35.1. The van der Waals surface area contributed by atoms with Crippen LogP contribution < -0.4 is 0 Å². The number of benzene rings is 2. The zero-order valence-corrected chi connectivity index (χ0v) is 28.2. The lowest BCUT2D eigenvalue weighted by Gasteiger charge is -2.35. The highest BCUT2D eigenvalue weighted by Crippen LogP contribution is 2.43. The van der Waals surface area contributed by atoms with Crippen LogP contribution in [0.25, 0.3) is 0 Å². The number of aryl methyl sites for hydroxylation is 1. The second-order valence-corrected chi connectivity index (χ2v) is 14.4. The van der Waals surface area contributed by atoms with Gasteiger partial charge in [-0.15, -0.1) is 0 Å². The lowest BCUT2D eigenvalue weighted by molar-refractivity contribution is -0.151. The molecule has 2 heterocycles. The molecule has 1 aromatic heterocycles. The van der Waals surface area contributed by atoms with E-state index in [9.17, 15) is 22.4 Å².